The molecule has 0 saturated heterocycles. The third kappa shape index (κ3) is 3.31. The van der Waals surface area contributed by atoms with Crippen molar-refractivity contribution in [2.45, 2.75) is 24.9 Å². The van der Waals surface area contributed by atoms with Crippen LogP contribution in [0.4, 0.5) is 10.1 Å². The van der Waals surface area contributed by atoms with Gasteiger partial charge in [-0.3, -0.25) is 0 Å². The van der Waals surface area contributed by atoms with Gasteiger partial charge in [-0.05, 0) is 19.1 Å². The average Bonchev–Trinajstić information content (AvgIpc) is 2.88. The van der Waals surface area contributed by atoms with Crippen LogP contribution in [0.5, 0.6) is 0 Å². The SMILES string of the molecule is CCn1cnnc1CNS(=O)(=O)c1cc(Cl)cc(N)c1F. The minimum absolute atomic E-state index is 0.0333. The standard InChI is InChI=1S/C11H13ClFN5O2S/c1-2-18-6-15-17-10(18)5-16-21(19,20)9-4-7(12)3-8(14)11(9)13/h3-4,6,16H,2,5,14H2,1H3. The summed E-state index contributed by atoms with van der Waals surface area (Å²) in [6.45, 7) is 2.32. The number of rotatable bonds is 5. The molecule has 0 atom stereocenters. The van der Waals surface area contributed by atoms with E-state index in [-0.39, 0.29) is 17.3 Å². The third-order valence-corrected chi connectivity index (χ3v) is 4.40. The molecule has 0 bridgehead atoms. The molecule has 0 aliphatic carbocycles. The van der Waals surface area contributed by atoms with E-state index in [0.717, 1.165) is 12.1 Å². The Kier molecular flexibility index (Phi) is 4.45. The molecular formula is C11H13ClFN5O2S. The number of nitrogen functional groups attached to an aromatic ring is 1. The quantitative estimate of drug-likeness (QED) is 0.799. The molecule has 2 rings (SSSR count). The summed E-state index contributed by atoms with van der Waals surface area (Å²) in [7, 11) is -4.11. The maximum atomic E-state index is 13.9. The summed E-state index contributed by atoms with van der Waals surface area (Å²) in [5, 5.41) is 7.49. The van der Waals surface area contributed by atoms with Gasteiger partial charge >= 0.3 is 0 Å². The second kappa shape index (κ2) is 5.96. The molecule has 1 heterocycles. The highest BCUT2D eigenvalue weighted by Crippen LogP contribution is 2.25. The Balaban J connectivity index is 2.27. The van der Waals surface area contributed by atoms with Crippen molar-refractivity contribution in [3.05, 3.63) is 35.1 Å². The molecule has 0 amide bonds. The normalized spacial score (nSPS) is 11.8. The summed E-state index contributed by atoms with van der Waals surface area (Å²) in [6.07, 6.45) is 1.47. The van der Waals surface area contributed by atoms with Gasteiger partial charge < -0.3 is 10.3 Å². The molecular weight excluding hydrogens is 321 g/mol. The Labute approximate surface area is 126 Å². The fourth-order valence-corrected chi connectivity index (χ4v) is 3.10. The predicted octanol–water partition coefficient (Wildman–Crippen LogP) is 1.15. The van der Waals surface area contributed by atoms with Gasteiger partial charge in [0.25, 0.3) is 0 Å². The van der Waals surface area contributed by atoms with Crippen molar-refractivity contribution in [3.63, 3.8) is 0 Å². The molecule has 1 aromatic carbocycles. The number of aryl methyl sites for hydroxylation is 1. The van der Waals surface area contributed by atoms with E-state index in [9.17, 15) is 12.8 Å². The highest BCUT2D eigenvalue weighted by molar-refractivity contribution is 7.89. The minimum atomic E-state index is -4.11. The number of nitrogens with zero attached hydrogens (tertiary/aromatic N) is 3. The topological polar surface area (TPSA) is 103 Å². The summed E-state index contributed by atoms with van der Waals surface area (Å²) in [5.74, 6) is -0.625. The van der Waals surface area contributed by atoms with E-state index in [2.05, 4.69) is 14.9 Å². The average molecular weight is 334 g/mol. The van der Waals surface area contributed by atoms with E-state index in [1.54, 1.807) is 4.57 Å². The van der Waals surface area contributed by atoms with Crippen LogP contribution in [-0.2, 0) is 23.1 Å². The van der Waals surface area contributed by atoms with Crippen molar-refractivity contribution in [1.82, 2.24) is 19.5 Å². The molecule has 0 fully saturated rings. The lowest BCUT2D eigenvalue weighted by Gasteiger charge is -2.09. The fourth-order valence-electron chi connectivity index (χ4n) is 1.70. The number of sulfonamides is 1. The monoisotopic (exact) mass is 333 g/mol. The van der Waals surface area contributed by atoms with E-state index in [1.165, 1.54) is 6.33 Å². The molecule has 3 N–H and O–H groups in total. The number of aromatic nitrogens is 3. The third-order valence-electron chi connectivity index (χ3n) is 2.78. The first-order valence-electron chi connectivity index (χ1n) is 5.96. The number of nitrogens with one attached hydrogen (secondary N) is 1. The smallest absolute Gasteiger partial charge is 0.244 e. The number of benzene rings is 1. The fraction of sp³-hybridized carbons (Fsp3) is 0.273. The summed E-state index contributed by atoms with van der Waals surface area (Å²) < 4.78 is 42.0. The Morgan fingerprint density at radius 1 is 1.48 bits per heavy atom. The van der Waals surface area contributed by atoms with E-state index in [4.69, 9.17) is 17.3 Å². The van der Waals surface area contributed by atoms with Crippen molar-refractivity contribution in [1.29, 1.82) is 0 Å². The van der Waals surface area contributed by atoms with Crippen molar-refractivity contribution in [3.8, 4) is 0 Å². The molecule has 0 aliphatic rings. The molecule has 0 spiro atoms. The molecule has 0 unspecified atom stereocenters. The van der Waals surface area contributed by atoms with Gasteiger partial charge in [0, 0.05) is 11.6 Å². The molecule has 10 heteroatoms. The van der Waals surface area contributed by atoms with Crippen molar-refractivity contribution in [2.24, 2.45) is 0 Å². The van der Waals surface area contributed by atoms with E-state index >= 15 is 0 Å². The summed E-state index contributed by atoms with van der Waals surface area (Å²) in [5.41, 5.74) is 5.04. The molecule has 1 aromatic heterocycles. The molecule has 21 heavy (non-hydrogen) atoms. The summed E-state index contributed by atoms with van der Waals surface area (Å²) >= 11 is 5.71. The number of anilines is 1. The van der Waals surface area contributed by atoms with Gasteiger partial charge in [0.2, 0.25) is 10.0 Å². The Bertz CT molecular complexity index is 762. The number of nitrogens with two attached hydrogens (primary N) is 1. The van der Waals surface area contributed by atoms with Crippen LogP contribution in [0, 0.1) is 5.82 Å². The largest absolute Gasteiger partial charge is 0.396 e. The van der Waals surface area contributed by atoms with Crippen molar-refractivity contribution >= 4 is 27.3 Å². The van der Waals surface area contributed by atoms with Gasteiger partial charge in [-0.2, -0.15) is 0 Å². The molecule has 7 nitrogen and oxygen atoms in total. The van der Waals surface area contributed by atoms with E-state index in [1.807, 2.05) is 6.92 Å². The Morgan fingerprint density at radius 3 is 2.86 bits per heavy atom. The van der Waals surface area contributed by atoms with Gasteiger partial charge in [-0.25, -0.2) is 17.5 Å². The lowest BCUT2D eigenvalue weighted by atomic mass is 10.3. The van der Waals surface area contributed by atoms with E-state index in [0.29, 0.717) is 12.4 Å². The molecule has 0 aliphatic heterocycles. The van der Waals surface area contributed by atoms with Crippen LogP contribution >= 0.6 is 11.6 Å². The molecule has 0 radical (unpaired) electrons. The summed E-state index contributed by atoms with van der Waals surface area (Å²) in [6, 6.07) is 2.14. The first-order valence-corrected chi connectivity index (χ1v) is 7.82. The minimum Gasteiger partial charge on any atom is -0.396 e. The second-order valence-corrected chi connectivity index (χ2v) is 6.34. The van der Waals surface area contributed by atoms with Gasteiger partial charge in [0.15, 0.2) is 5.82 Å². The lowest BCUT2D eigenvalue weighted by Crippen LogP contribution is -2.26. The maximum absolute atomic E-state index is 13.9. The Hall–Kier alpha value is -1.71. The predicted molar refractivity (Wildman–Crippen MR) is 75.5 cm³/mol. The van der Waals surface area contributed by atoms with Crippen LogP contribution in [0.15, 0.2) is 23.4 Å². The molecule has 114 valence electrons. The van der Waals surface area contributed by atoms with Crippen LogP contribution in [0.25, 0.3) is 0 Å². The van der Waals surface area contributed by atoms with Gasteiger partial charge in [0.05, 0.1) is 12.2 Å². The molecule has 0 saturated carbocycles. The van der Waals surface area contributed by atoms with Crippen LogP contribution in [-0.4, -0.2) is 23.2 Å². The van der Waals surface area contributed by atoms with Crippen LogP contribution in [0.2, 0.25) is 5.02 Å². The maximum Gasteiger partial charge on any atom is 0.244 e. The van der Waals surface area contributed by atoms with Crippen LogP contribution in [0.3, 0.4) is 0 Å². The molecule has 2 aromatic rings. The zero-order valence-electron chi connectivity index (χ0n) is 11.0. The van der Waals surface area contributed by atoms with Gasteiger partial charge in [-0.1, -0.05) is 11.6 Å². The van der Waals surface area contributed by atoms with E-state index < -0.39 is 20.7 Å². The zero-order valence-corrected chi connectivity index (χ0v) is 12.6. The van der Waals surface area contributed by atoms with Crippen molar-refractivity contribution in [2.75, 3.05) is 5.73 Å². The first-order chi connectivity index (χ1) is 9.85. The van der Waals surface area contributed by atoms with Crippen molar-refractivity contribution < 1.29 is 12.8 Å². The number of halogens is 2. The summed E-state index contributed by atoms with van der Waals surface area (Å²) in [4.78, 5) is -0.602. The van der Waals surface area contributed by atoms with Gasteiger partial charge in [-0.15, -0.1) is 10.2 Å². The lowest BCUT2D eigenvalue weighted by molar-refractivity contribution is 0.555. The van der Waals surface area contributed by atoms with Crippen LogP contribution in [0.1, 0.15) is 12.7 Å². The Morgan fingerprint density at radius 2 is 2.19 bits per heavy atom. The van der Waals surface area contributed by atoms with Gasteiger partial charge in [0.1, 0.15) is 17.0 Å². The number of hydrogen-bond acceptors (Lipinski definition) is 5. The first kappa shape index (κ1) is 15.7. The second-order valence-electron chi connectivity index (χ2n) is 4.16. The highest BCUT2D eigenvalue weighted by atomic mass is 35.5. The highest BCUT2D eigenvalue weighted by Gasteiger charge is 2.22. The van der Waals surface area contributed by atoms with Crippen LogP contribution < -0.4 is 10.5 Å². The zero-order chi connectivity index (χ0) is 15.6. The number of hydrogen-bond donors (Lipinski definition) is 2.